The van der Waals surface area contributed by atoms with Crippen molar-refractivity contribution < 1.29 is 13.2 Å². The number of nitrogens with zero attached hydrogens (tertiary/aromatic N) is 6. The first-order valence-electron chi connectivity index (χ1n) is 10.3. The molecule has 2 unspecified atom stereocenters. The van der Waals surface area contributed by atoms with E-state index in [1.165, 1.54) is 12.4 Å². The number of halogens is 1. The van der Waals surface area contributed by atoms with Crippen molar-refractivity contribution in [2.75, 3.05) is 4.72 Å². The molecule has 4 rings (SSSR count). The lowest BCUT2D eigenvalue weighted by molar-refractivity contribution is 0.00154. The van der Waals surface area contributed by atoms with Gasteiger partial charge in [-0.1, -0.05) is 17.7 Å². The van der Waals surface area contributed by atoms with E-state index in [-0.39, 0.29) is 23.9 Å². The highest BCUT2D eigenvalue weighted by molar-refractivity contribution is 7.93. The molecule has 3 aromatic rings. The Kier molecular flexibility index (Phi) is 6.40. The molecule has 0 aliphatic heterocycles. The molecular weight excluding hydrogens is 454 g/mol. The molecule has 32 heavy (non-hydrogen) atoms. The fourth-order valence-electron chi connectivity index (χ4n) is 3.24. The van der Waals surface area contributed by atoms with Gasteiger partial charge in [-0.15, -0.1) is 10.2 Å². The zero-order valence-corrected chi connectivity index (χ0v) is 19.5. The van der Waals surface area contributed by atoms with Gasteiger partial charge in [-0.2, -0.15) is 0 Å². The second-order valence-electron chi connectivity index (χ2n) is 7.88. The first-order valence-corrected chi connectivity index (χ1v) is 12.2. The number of hydrogen-bond acceptors (Lipinski definition) is 8. The van der Waals surface area contributed by atoms with E-state index in [1.807, 2.05) is 26.0 Å². The van der Waals surface area contributed by atoms with E-state index in [4.69, 9.17) is 16.3 Å². The Morgan fingerprint density at radius 3 is 2.44 bits per heavy atom. The highest BCUT2D eigenvalue weighted by Gasteiger charge is 2.37. The van der Waals surface area contributed by atoms with Gasteiger partial charge in [0.1, 0.15) is 17.0 Å². The van der Waals surface area contributed by atoms with Gasteiger partial charge >= 0.3 is 0 Å². The SMILES string of the molecule is CC(C)OC(c1ncc(Cl)cn1)C(C)S(=O)(=O)Nc1nnc(-c2ccccn2)n1C1CC1. The summed E-state index contributed by atoms with van der Waals surface area (Å²) in [5.41, 5.74) is 0.626. The summed E-state index contributed by atoms with van der Waals surface area (Å²) in [5, 5.41) is 7.66. The van der Waals surface area contributed by atoms with E-state index in [2.05, 4.69) is 29.9 Å². The molecule has 0 aromatic carbocycles. The maximum atomic E-state index is 13.3. The van der Waals surface area contributed by atoms with Crippen molar-refractivity contribution >= 4 is 27.6 Å². The van der Waals surface area contributed by atoms with Crippen molar-refractivity contribution in [1.29, 1.82) is 0 Å². The van der Waals surface area contributed by atoms with E-state index in [0.717, 1.165) is 12.8 Å². The minimum absolute atomic E-state index is 0.123. The van der Waals surface area contributed by atoms with Gasteiger partial charge in [-0.3, -0.25) is 14.3 Å². The van der Waals surface area contributed by atoms with Crippen LogP contribution in [0, 0.1) is 0 Å². The predicted octanol–water partition coefficient (Wildman–Crippen LogP) is 3.41. The van der Waals surface area contributed by atoms with Crippen LogP contribution in [0.25, 0.3) is 11.5 Å². The number of rotatable bonds is 9. The van der Waals surface area contributed by atoms with E-state index >= 15 is 0 Å². The average molecular weight is 478 g/mol. The maximum Gasteiger partial charge on any atom is 0.240 e. The molecule has 1 aliphatic rings. The molecule has 0 amide bonds. The molecule has 1 aliphatic carbocycles. The van der Waals surface area contributed by atoms with Crippen LogP contribution < -0.4 is 4.72 Å². The highest BCUT2D eigenvalue weighted by Crippen LogP contribution is 2.40. The Bertz CT molecular complexity index is 1170. The quantitative estimate of drug-likeness (QED) is 0.497. The number of ether oxygens (including phenoxy) is 1. The van der Waals surface area contributed by atoms with Gasteiger partial charge in [0.05, 0.1) is 11.1 Å². The lowest BCUT2D eigenvalue weighted by atomic mass is 10.2. The molecule has 170 valence electrons. The smallest absolute Gasteiger partial charge is 0.240 e. The Morgan fingerprint density at radius 2 is 1.84 bits per heavy atom. The van der Waals surface area contributed by atoms with Gasteiger partial charge in [-0.05, 0) is 45.7 Å². The van der Waals surface area contributed by atoms with Crippen molar-refractivity contribution in [3.8, 4) is 11.5 Å². The van der Waals surface area contributed by atoms with E-state index in [1.54, 1.807) is 23.8 Å². The Balaban J connectivity index is 1.64. The summed E-state index contributed by atoms with van der Waals surface area (Å²) < 4.78 is 37.0. The van der Waals surface area contributed by atoms with E-state index in [9.17, 15) is 8.42 Å². The molecule has 1 N–H and O–H groups in total. The van der Waals surface area contributed by atoms with Crippen molar-refractivity contribution in [3.05, 3.63) is 47.6 Å². The van der Waals surface area contributed by atoms with Crippen molar-refractivity contribution in [2.45, 2.75) is 57.1 Å². The first-order chi connectivity index (χ1) is 15.3. The van der Waals surface area contributed by atoms with Crippen LogP contribution in [-0.2, 0) is 14.8 Å². The predicted molar refractivity (Wildman–Crippen MR) is 120 cm³/mol. The van der Waals surface area contributed by atoms with Crippen LogP contribution in [0.5, 0.6) is 0 Å². The van der Waals surface area contributed by atoms with Crippen molar-refractivity contribution in [1.82, 2.24) is 29.7 Å². The van der Waals surface area contributed by atoms with Crippen LogP contribution in [0.15, 0.2) is 36.8 Å². The summed E-state index contributed by atoms with van der Waals surface area (Å²) in [7, 11) is -3.95. The van der Waals surface area contributed by atoms with E-state index in [0.29, 0.717) is 16.5 Å². The van der Waals surface area contributed by atoms with Gasteiger partial charge in [0.15, 0.2) is 11.6 Å². The minimum atomic E-state index is -3.95. The summed E-state index contributed by atoms with van der Waals surface area (Å²) >= 11 is 5.89. The number of aromatic nitrogens is 6. The molecule has 1 fully saturated rings. The largest absolute Gasteiger partial charge is 0.366 e. The summed E-state index contributed by atoms with van der Waals surface area (Å²) in [6, 6.07) is 5.59. The standard InChI is InChI=1S/C20H24ClN7O3S/c1-12(2)31-17(18-23-10-14(21)11-24-18)13(3)32(29,30)27-20-26-25-19(28(20)15-7-8-15)16-6-4-5-9-22-16/h4-6,9-13,15,17H,7-8H2,1-3H3,(H,26,27). The molecule has 3 heterocycles. The van der Waals surface area contributed by atoms with Crippen LogP contribution in [0.2, 0.25) is 5.02 Å². The molecule has 3 aromatic heterocycles. The third-order valence-corrected chi connectivity index (χ3v) is 6.85. The minimum Gasteiger partial charge on any atom is -0.366 e. The summed E-state index contributed by atoms with van der Waals surface area (Å²) in [4.78, 5) is 12.7. The van der Waals surface area contributed by atoms with Gasteiger partial charge < -0.3 is 4.74 Å². The molecule has 10 nitrogen and oxygen atoms in total. The van der Waals surface area contributed by atoms with Crippen LogP contribution in [0.3, 0.4) is 0 Å². The van der Waals surface area contributed by atoms with Gasteiger partial charge in [0.25, 0.3) is 0 Å². The van der Waals surface area contributed by atoms with Crippen molar-refractivity contribution in [2.24, 2.45) is 0 Å². The maximum absolute atomic E-state index is 13.3. The van der Waals surface area contributed by atoms with Crippen LogP contribution >= 0.6 is 11.6 Å². The molecule has 2 atom stereocenters. The molecule has 0 bridgehead atoms. The second kappa shape index (κ2) is 9.08. The lowest BCUT2D eigenvalue weighted by Gasteiger charge is -2.25. The zero-order chi connectivity index (χ0) is 22.9. The molecule has 0 radical (unpaired) electrons. The van der Waals surface area contributed by atoms with Crippen LogP contribution in [0.4, 0.5) is 5.95 Å². The van der Waals surface area contributed by atoms with Gasteiger partial charge in [-0.25, -0.2) is 18.4 Å². The zero-order valence-electron chi connectivity index (χ0n) is 17.9. The average Bonchev–Trinajstić information content (AvgIpc) is 3.52. The summed E-state index contributed by atoms with van der Waals surface area (Å²) in [5.74, 6) is 0.911. The first kappa shape index (κ1) is 22.6. The Labute approximate surface area is 191 Å². The number of pyridine rings is 1. The highest BCUT2D eigenvalue weighted by atomic mass is 35.5. The van der Waals surface area contributed by atoms with Crippen LogP contribution in [0.1, 0.15) is 51.6 Å². The van der Waals surface area contributed by atoms with E-state index < -0.39 is 21.4 Å². The normalized spacial score (nSPS) is 16.2. The Morgan fingerprint density at radius 1 is 1.12 bits per heavy atom. The molecule has 0 saturated heterocycles. The molecule has 12 heteroatoms. The number of anilines is 1. The third kappa shape index (κ3) is 4.89. The second-order valence-corrected chi connectivity index (χ2v) is 10.4. The monoisotopic (exact) mass is 477 g/mol. The van der Waals surface area contributed by atoms with Gasteiger partial charge in [0, 0.05) is 24.6 Å². The lowest BCUT2D eigenvalue weighted by Crippen LogP contribution is -2.35. The third-order valence-electron chi connectivity index (χ3n) is 4.96. The molecule has 0 spiro atoms. The van der Waals surface area contributed by atoms with Crippen LogP contribution in [-0.4, -0.2) is 49.5 Å². The molecule has 1 saturated carbocycles. The fourth-order valence-corrected chi connectivity index (χ4v) is 4.42. The number of hydrogen-bond donors (Lipinski definition) is 1. The fraction of sp³-hybridized carbons (Fsp3) is 0.450. The topological polar surface area (TPSA) is 125 Å². The number of nitrogens with one attached hydrogen (secondary N) is 1. The van der Waals surface area contributed by atoms with Crippen molar-refractivity contribution in [3.63, 3.8) is 0 Å². The van der Waals surface area contributed by atoms with Gasteiger partial charge in [0.2, 0.25) is 16.0 Å². The Hall–Kier alpha value is -2.63. The number of sulfonamides is 1. The summed E-state index contributed by atoms with van der Waals surface area (Å²) in [6.07, 6.45) is 5.17. The molecular formula is C20H24ClN7O3S. The summed E-state index contributed by atoms with van der Waals surface area (Å²) in [6.45, 7) is 5.18.